The molecular formula is C29H37ClN2O6. The number of anilines is 1. The van der Waals surface area contributed by atoms with Crippen molar-refractivity contribution in [3.63, 3.8) is 0 Å². The van der Waals surface area contributed by atoms with Crippen molar-refractivity contribution in [1.82, 2.24) is 4.90 Å². The molecule has 3 aliphatic heterocycles. The molecule has 3 fully saturated rings. The van der Waals surface area contributed by atoms with Crippen molar-refractivity contribution >= 4 is 35.1 Å². The maximum atomic E-state index is 14.5. The average molecular weight is 545 g/mol. The molecular weight excluding hydrogens is 508 g/mol. The van der Waals surface area contributed by atoms with Crippen LogP contribution in [0.2, 0.25) is 5.02 Å². The molecule has 6 atom stereocenters. The lowest BCUT2D eigenvalue weighted by Crippen LogP contribution is -2.60. The zero-order valence-electron chi connectivity index (χ0n) is 22.3. The van der Waals surface area contributed by atoms with Gasteiger partial charge in [-0.05, 0) is 49.4 Å². The highest BCUT2D eigenvalue weighted by Crippen LogP contribution is 2.65. The van der Waals surface area contributed by atoms with Crippen molar-refractivity contribution < 1.29 is 29.0 Å². The molecule has 4 rings (SSSR count). The van der Waals surface area contributed by atoms with E-state index in [0.717, 1.165) is 0 Å². The quantitative estimate of drug-likeness (QED) is 0.336. The van der Waals surface area contributed by atoms with E-state index in [2.05, 4.69) is 13.2 Å². The molecule has 0 saturated carbocycles. The minimum atomic E-state index is -1.23. The summed E-state index contributed by atoms with van der Waals surface area (Å²) < 4.78 is 12.2. The highest BCUT2D eigenvalue weighted by molar-refractivity contribution is 6.30. The van der Waals surface area contributed by atoms with E-state index in [0.29, 0.717) is 30.0 Å². The molecule has 2 bridgehead atoms. The predicted molar refractivity (Wildman–Crippen MR) is 145 cm³/mol. The van der Waals surface area contributed by atoms with Crippen LogP contribution in [-0.4, -0.2) is 70.8 Å². The molecule has 1 spiro atoms. The van der Waals surface area contributed by atoms with Gasteiger partial charge in [0, 0.05) is 17.3 Å². The monoisotopic (exact) mass is 544 g/mol. The van der Waals surface area contributed by atoms with Crippen LogP contribution in [0.3, 0.4) is 0 Å². The van der Waals surface area contributed by atoms with E-state index in [1.807, 2.05) is 20.8 Å². The number of ether oxygens (including phenoxy) is 2. The van der Waals surface area contributed by atoms with Crippen LogP contribution in [0.15, 0.2) is 49.6 Å². The first kappa shape index (κ1) is 28.3. The third-order valence-electron chi connectivity index (χ3n) is 8.48. The lowest BCUT2D eigenvalue weighted by Gasteiger charge is -2.40. The van der Waals surface area contributed by atoms with Crippen molar-refractivity contribution in [3.05, 3.63) is 54.6 Å². The highest BCUT2D eigenvalue weighted by atomic mass is 35.5. The highest BCUT2D eigenvalue weighted by Gasteiger charge is 2.79. The number of aliphatic hydroxyl groups is 1. The molecule has 3 saturated heterocycles. The summed E-state index contributed by atoms with van der Waals surface area (Å²) in [6, 6.07) is 5.18. The molecule has 0 aromatic heterocycles. The van der Waals surface area contributed by atoms with E-state index in [-0.39, 0.29) is 37.5 Å². The molecule has 8 nitrogen and oxygen atoms in total. The Labute approximate surface area is 229 Å². The van der Waals surface area contributed by atoms with Gasteiger partial charge in [0.25, 0.3) is 5.91 Å². The van der Waals surface area contributed by atoms with E-state index in [1.54, 1.807) is 35.2 Å². The normalized spacial score (nSPS) is 30.3. The first-order valence-electron chi connectivity index (χ1n) is 13.2. The number of esters is 1. The van der Waals surface area contributed by atoms with Crippen molar-refractivity contribution in [2.24, 2.45) is 17.8 Å². The molecule has 1 aromatic carbocycles. The predicted octanol–water partition coefficient (Wildman–Crippen LogP) is 3.76. The summed E-state index contributed by atoms with van der Waals surface area (Å²) in [5, 5.41) is 10.9. The van der Waals surface area contributed by atoms with Crippen LogP contribution in [0.4, 0.5) is 5.69 Å². The van der Waals surface area contributed by atoms with Crippen LogP contribution in [0, 0.1) is 17.8 Å². The fourth-order valence-corrected chi connectivity index (χ4v) is 6.85. The SMILES string of the molecule is C=CCOC(=O)[C@H]1[C@H]2C(=O)N([C@@H](CO)C(C)C)C(C(=O)N(CC=C)c3ccc(Cl)cc3)C23CC[C@]1(CC)O3. The van der Waals surface area contributed by atoms with Gasteiger partial charge >= 0.3 is 5.97 Å². The fourth-order valence-electron chi connectivity index (χ4n) is 6.72. The van der Waals surface area contributed by atoms with Crippen LogP contribution < -0.4 is 4.90 Å². The molecule has 2 unspecified atom stereocenters. The number of amides is 2. The Balaban J connectivity index is 1.87. The van der Waals surface area contributed by atoms with Crippen LogP contribution in [0.25, 0.3) is 0 Å². The largest absolute Gasteiger partial charge is 0.461 e. The maximum Gasteiger partial charge on any atom is 0.313 e. The Kier molecular flexibility index (Phi) is 8.07. The zero-order chi connectivity index (χ0) is 27.8. The summed E-state index contributed by atoms with van der Waals surface area (Å²) in [6.45, 7) is 13.0. The number of aliphatic hydroxyl groups excluding tert-OH is 1. The topological polar surface area (TPSA) is 96.4 Å². The summed E-state index contributed by atoms with van der Waals surface area (Å²) in [7, 11) is 0. The van der Waals surface area contributed by atoms with Crippen LogP contribution in [0.1, 0.15) is 40.0 Å². The number of halogens is 1. The molecule has 0 aliphatic carbocycles. The Hall–Kier alpha value is -2.68. The number of carbonyl (C=O) groups excluding carboxylic acids is 3. The summed E-state index contributed by atoms with van der Waals surface area (Å²) in [5.41, 5.74) is -1.54. The fraction of sp³-hybridized carbons (Fsp3) is 0.552. The van der Waals surface area contributed by atoms with Crippen molar-refractivity contribution in [1.29, 1.82) is 0 Å². The lowest BCUT2D eigenvalue weighted by molar-refractivity contribution is -0.161. The Morgan fingerprint density at radius 1 is 1.26 bits per heavy atom. The van der Waals surface area contributed by atoms with Crippen molar-refractivity contribution in [3.8, 4) is 0 Å². The molecule has 0 radical (unpaired) electrons. The Morgan fingerprint density at radius 3 is 2.50 bits per heavy atom. The Bertz CT molecular complexity index is 1110. The van der Waals surface area contributed by atoms with Gasteiger partial charge in [-0.1, -0.05) is 51.1 Å². The van der Waals surface area contributed by atoms with Crippen molar-refractivity contribution in [2.75, 3.05) is 24.7 Å². The van der Waals surface area contributed by atoms with E-state index >= 15 is 0 Å². The summed E-state index contributed by atoms with van der Waals surface area (Å²) in [4.78, 5) is 45.3. The molecule has 1 N–H and O–H groups in total. The van der Waals surface area contributed by atoms with Gasteiger partial charge in [0.2, 0.25) is 5.91 Å². The second-order valence-corrected chi connectivity index (χ2v) is 11.1. The molecule has 38 heavy (non-hydrogen) atoms. The van der Waals surface area contributed by atoms with Gasteiger partial charge in [0.1, 0.15) is 24.2 Å². The number of carbonyl (C=O) groups is 3. The third kappa shape index (κ3) is 4.27. The van der Waals surface area contributed by atoms with E-state index in [9.17, 15) is 19.5 Å². The van der Waals surface area contributed by atoms with Gasteiger partial charge in [0.15, 0.2) is 0 Å². The number of likely N-dealkylation sites (tertiary alicyclic amines) is 1. The summed E-state index contributed by atoms with van der Waals surface area (Å²) in [5.74, 6) is -3.14. The van der Waals surface area contributed by atoms with Gasteiger partial charge in [0.05, 0.1) is 24.2 Å². The lowest BCUT2D eigenvalue weighted by atomic mass is 9.65. The van der Waals surface area contributed by atoms with Gasteiger partial charge in [-0.2, -0.15) is 0 Å². The van der Waals surface area contributed by atoms with Crippen LogP contribution in [-0.2, 0) is 23.9 Å². The molecule has 3 aliphatic rings. The minimum Gasteiger partial charge on any atom is -0.461 e. The molecule has 3 heterocycles. The van der Waals surface area contributed by atoms with Gasteiger partial charge in [-0.25, -0.2) is 0 Å². The minimum absolute atomic E-state index is 0.0179. The second-order valence-electron chi connectivity index (χ2n) is 10.7. The molecule has 9 heteroatoms. The first-order valence-corrected chi connectivity index (χ1v) is 13.6. The average Bonchev–Trinajstić information content (AvgIpc) is 3.50. The van der Waals surface area contributed by atoms with Crippen LogP contribution in [0.5, 0.6) is 0 Å². The number of hydrogen-bond donors (Lipinski definition) is 1. The third-order valence-corrected chi connectivity index (χ3v) is 8.73. The first-order chi connectivity index (χ1) is 18.1. The van der Waals surface area contributed by atoms with E-state index < -0.39 is 41.1 Å². The second kappa shape index (κ2) is 10.8. The Morgan fingerprint density at radius 2 is 1.95 bits per heavy atom. The van der Waals surface area contributed by atoms with E-state index in [1.165, 1.54) is 11.0 Å². The van der Waals surface area contributed by atoms with Crippen molar-refractivity contribution in [2.45, 2.75) is 63.3 Å². The number of benzene rings is 1. The molecule has 206 valence electrons. The standard InChI is InChI=1S/C29H37ClN2O6/c1-6-15-31(20-11-9-19(30)10-12-20)26(35)24-29-14-13-28(8-3,38-29)23(27(36)37-16-7-2)22(29)25(34)32(24)21(17-33)18(4)5/h6-7,9-12,18,21-24,33H,1-2,8,13-17H2,3-5H3/t21-,22-,23+,24?,28-,29?/m0/s1. The molecule has 1 aromatic rings. The molecule has 2 amide bonds. The number of hydrogen-bond acceptors (Lipinski definition) is 6. The maximum absolute atomic E-state index is 14.5. The summed E-state index contributed by atoms with van der Waals surface area (Å²) >= 11 is 6.10. The number of fused-ring (bicyclic) bond motifs is 1. The number of nitrogens with zero attached hydrogens (tertiary/aromatic N) is 2. The van der Waals surface area contributed by atoms with Gasteiger partial charge in [-0.15, -0.1) is 6.58 Å². The van der Waals surface area contributed by atoms with Crippen LogP contribution >= 0.6 is 11.6 Å². The zero-order valence-corrected chi connectivity index (χ0v) is 23.0. The number of rotatable bonds is 11. The smallest absolute Gasteiger partial charge is 0.313 e. The summed E-state index contributed by atoms with van der Waals surface area (Å²) in [6.07, 6.45) is 4.55. The van der Waals surface area contributed by atoms with Gasteiger partial charge < -0.3 is 24.4 Å². The van der Waals surface area contributed by atoms with E-state index in [4.69, 9.17) is 21.1 Å². The van der Waals surface area contributed by atoms with Gasteiger partial charge in [-0.3, -0.25) is 14.4 Å².